The molecule has 1 aromatic rings. The van der Waals surface area contributed by atoms with Gasteiger partial charge in [-0.05, 0) is 31.0 Å². The van der Waals surface area contributed by atoms with Gasteiger partial charge >= 0.3 is 0 Å². The summed E-state index contributed by atoms with van der Waals surface area (Å²) in [4.78, 5) is 0. The van der Waals surface area contributed by atoms with Crippen LogP contribution in [-0.4, -0.2) is 26.3 Å². The Morgan fingerprint density at radius 1 is 1.44 bits per heavy atom. The monoisotopic (exact) mass is 239 g/mol. The molecule has 2 nitrogen and oxygen atoms in total. The molecule has 0 atom stereocenters. The van der Waals surface area contributed by atoms with E-state index in [0.717, 1.165) is 37.7 Å². The molecule has 1 aliphatic rings. The van der Waals surface area contributed by atoms with Gasteiger partial charge in [-0.2, -0.15) is 0 Å². The third-order valence-corrected chi connectivity index (χ3v) is 3.53. The topological polar surface area (TPSA) is 21.3 Å². The third kappa shape index (κ3) is 2.40. The van der Waals surface area contributed by atoms with Gasteiger partial charge in [0.1, 0.15) is 0 Å². The molecule has 1 fully saturated rings. The van der Waals surface area contributed by atoms with Crippen LogP contribution in [0.5, 0.6) is 0 Å². The normalized spacial score (nSPS) is 18.1. The van der Waals surface area contributed by atoms with Gasteiger partial charge < -0.3 is 10.1 Å². The van der Waals surface area contributed by atoms with Crippen LogP contribution in [-0.2, 0) is 10.2 Å². The van der Waals surface area contributed by atoms with Gasteiger partial charge in [0, 0.05) is 36.7 Å². The van der Waals surface area contributed by atoms with Crippen LogP contribution in [0.1, 0.15) is 18.9 Å². The first-order valence-corrected chi connectivity index (χ1v) is 6.19. The van der Waals surface area contributed by atoms with Crippen LogP contribution in [0.2, 0.25) is 5.02 Å². The molecule has 0 radical (unpaired) electrons. The summed E-state index contributed by atoms with van der Waals surface area (Å²) in [6.45, 7) is 5.70. The second-order valence-corrected chi connectivity index (χ2v) is 4.78. The highest BCUT2D eigenvalue weighted by molar-refractivity contribution is 6.30. The summed E-state index contributed by atoms with van der Waals surface area (Å²) in [5.41, 5.74) is 1.57. The van der Waals surface area contributed by atoms with Crippen molar-refractivity contribution in [1.29, 1.82) is 0 Å². The van der Waals surface area contributed by atoms with E-state index in [-0.39, 0.29) is 5.41 Å². The van der Waals surface area contributed by atoms with Crippen LogP contribution in [0, 0.1) is 0 Å². The van der Waals surface area contributed by atoms with Gasteiger partial charge in [0.2, 0.25) is 0 Å². The van der Waals surface area contributed by atoms with E-state index in [9.17, 15) is 0 Å². The number of ether oxygens (including phenoxy) is 1. The van der Waals surface area contributed by atoms with Crippen molar-refractivity contribution in [1.82, 2.24) is 5.32 Å². The average Bonchev–Trinajstić information content (AvgIpc) is 2.22. The first kappa shape index (κ1) is 11.9. The molecule has 16 heavy (non-hydrogen) atoms. The quantitative estimate of drug-likeness (QED) is 0.798. The lowest BCUT2D eigenvalue weighted by atomic mass is 9.73. The standard InChI is InChI=1S/C13H18ClNO/c1-2-16-7-6-13(9-15-10-13)11-4-3-5-12(14)8-11/h3-5,8,15H,2,6-7,9-10H2,1H3. The minimum Gasteiger partial charge on any atom is -0.382 e. The molecule has 0 aromatic heterocycles. The number of hydrogen-bond acceptors (Lipinski definition) is 2. The van der Waals surface area contributed by atoms with Crippen LogP contribution in [0.25, 0.3) is 0 Å². The van der Waals surface area contributed by atoms with E-state index in [1.807, 2.05) is 19.1 Å². The lowest BCUT2D eigenvalue weighted by Gasteiger charge is -2.43. The molecule has 1 aliphatic heterocycles. The SMILES string of the molecule is CCOCCC1(c2cccc(Cl)c2)CNC1. The van der Waals surface area contributed by atoms with Gasteiger partial charge in [-0.1, -0.05) is 23.7 Å². The maximum absolute atomic E-state index is 6.04. The van der Waals surface area contributed by atoms with E-state index in [2.05, 4.69) is 17.4 Å². The average molecular weight is 240 g/mol. The minimum absolute atomic E-state index is 0.236. The van der Waals surface area contributed by atoms with Crippen LogP contribution in [0.3, 0.4) is 0 Å². The van der Waals surface area contributed by atoms with E-state index in [1.165, 1.54) is 5.56 Å². The van der Waals surface area contributed by atoms with E-state index in [0.29, 0.717) is 0 Å². The van der Waals surface area contributed by atoms with Crippen molar-refractivity contribution in [3.63, 3.8) is 0 Å². The van der Waals surface area contributed by atoms with Gasteiger partial charge in [-0.25, -0.2) is 0 Å². The zero-order valence-corrected chi connectivity index (χ0v) is 10.4. The summed E-state index contributed by atoms with van der Waals surface area (Å²) in [6, 6.07) is 8.19. The molecule has 1 N–H and O–H groups in total. The molecular weight excluding hydrogens is 222 g/mol. The van der Waals surface area contributed by atoms with E-state index < -0.39 is 0 Å². The first-order chi connectivity index (χ1) is 7.77. The van der Waals surface area contributed by atoms with Crippen LogP contribution in [0.4, 0.5) is 0 Å². The zero-order valence-electron chi connectivity index (χ0n) is 9.63. The summed E-state index contributed by atoms with van der Waals surface area (Å²) >= 11 is 6.04. The molecule has 0 saturated carbocycles. The molecule has 2 rings (SSSR count). The highest BCUT2D eigenvalue weighted by Gasteiger charge is 2.38. The predicted octanol–water partition coefficient (Wildman–Crippen LogP) is 2.61. The van der Waals surface area contributed by atoms with Crippen molar-refractivity contribution < 1.29 is 4.74 Å². The summed E-state index contributed by atoms with van der Waals surface area (Å²) in [6.07, 6.45) is 1.06. The molecule has 1 saturated heterocycles. The van der Waals surface area contributed by atoms with Crippen molar-refractivity contribution >= 4 is 11.6 Å². The molecule has 0 amide bonds. The first-order valence-electron chi connectivity index (χ1n) is 5.81. The summed E-state index contributed by atoms with van der Waals surface area (Å²) in [5, 5.41) is 4.17. The largest absolute Gasteiger partial charge is 0.382 e. The van der Waals surface area contributed by atoms with Crippen molar-refractivity contribution in [2.75, 3.05) is 26.3 Å². The molecule has 0 aliphatic carbocycles. The Hall–Kier alpha value is -0.570. The molecular formula is C13H18ClNO. The third-order valence-electron chi connectivity index (χ3n) is 3.29. The van der Waals surface area contributed by atoms with Crippen LogP contribution >= 0.6 is 11.6 Å². The maximum Gasteiger partial charge on any atom is 0.0475 e. The summed E-state index contributed by atoms with van der Waals surface area (Å²) in [5.74, 6) is 0. The van der Waals surface area contributed by atoms with E-state index in [4.69, 9.17) is 16.3 Å². The molecule has 0 unspecified atom stereocenters. The van der Waals surface area contributed by atoms with Crippen molar-refractivity contribution in [2.24, 2.45) is 0 Å². The van der Waals surface area contributed by atoms with Crippen molar-refractivity contribution in [3.05, 3.63) is 34.9 Å². The summed E-state index contributed by atoms with van der Waals surface area (Å²) < 4.78 is 5.46. The number of rotatable bonds is 5. The van der Waals surface area contributed by atoms with Gasteiger partial charge in [0.05, 0.1) is 0 Å². The second-order valence-electron chi connectivity index (χ2n) is 4.34. The molecule has 0 bridgehead atoms. The van der Waals surface area contributed by atoms with Crippen LogP contribution in [0.15, 0.2) is 24.3 Å². The van der Waals surface area contributed by atoms with Gasteiger partial charge in [-0.3, -0.25) is 0 Å². The van der Waals surface area contributed by atoms with Crippen LogP contribution < -0.4 is 5.32 Å². The highest BCUT2D eigenvalue weighted by atomic mass is 35.5. The van der Waals surface area contributed by atoms with Gasteiger partial charge in [-0.15, -0.1) is 0 Å². The number of benzene rings is 1. The zero-order chi connectivity index (χ0) is 11.4. The molecule has 3 heteroatoms. The van der Waals surface area contributed by atoms with Crippen molar-refractivity contribution in [3.8, 4) is 0 Å². The fraction of sp³-hybridized carbons (Fsp3) is 0.538. The molecule has 1 heterocycles. The second kappa shape index (κ2) is 5.17. The van der Waals surface area contributed by atoms with Gasteiger partial charge in [0.25, 0.3) is 0 Å². The maximum atomic E-state index is 6.04. The Balaban J connectivity index is 2.08. The predicted molar refractivity (Wildman–Crippen MR) is 67.1 cm³/mol. The summed E-state index contributed by atoms with van der Waals surface area (Å²) in [7, 11) is 0. The lowest BCUT2D eigenvalue weighted by Crippen LogP contribution is -2.57. The smallest absolute Gasteiger partial charge is 0.0475 e. The number of hydrogen-bond donors (Lipinski definition) is 1. The number of nitrogens with one attached hydrogen (secondary N) is 1. The van der Waals surface area contributed by atoms with Crippen molar-refractivity contribution in [2.45, 2.75) is 18.8 Å². The fourth-order valence-electron chi connectivity index (χ4n) is 2.18. The Bertz CT molecular complexity index is 350. The minimum atomic E-state index is 0.236. The molecule has 1 aromatic carbocycles. The molecule has 88 valence electrons. The Kier molecular flexibility index (Phi) is 3.85. The van der Waals surface area contributed by atoms with E-state index in [1.54, 1.807) is 0 Å². The number of halogens is 1. The Labute approximate surface area is 102 Å². The molecule has 0 spiro atoms. The van der Waals surface area contributed by atoms with Gasteiger partial charge in [0.15, 0.2) is 0 Å². The lowest BCUT2D eigenvalue weighted by molar-refractivity contribution is 0.109. The highest BCUT2D eigenvalue weighted by Crippen LogP contribution is 2.33. The Morgan fingerprint density at radius 3 is 2.81 bits per heavy atom. The van der Waals surface area contributed by atoms with E-state index >= 15 is 0 Å². The Morgan fingerprint density at radius 2 is 2.25 bits per heavy atom. The fourth-order valence-corrected chi connectivity index (χ4v) is 2.37.